The van der Waals surface area contributed by atoms with Gasteiger partial charge in [0.25, 0.3) is 11.8 Å². The molecule has 0 atom stereocenters. The summed E-state index contributed by atoms with van der Waals surface area (Å²) >= 11 is 0. The van der Waals surface area contributed by atoms with Crippen molar-refractivity contribution in [3.8, 4) is 0 Å². The molecule has 11 heteroatoms. The third-order valence-corrected chi connectivity index (χ3v) is 11.7. The van der Waals surface area contributed by atoms with Crippen molar-refractivity contribution < 1.29 is 38.9 Å². The Balaban J connectivity index is 0.00000541. The Morgan fingerprint density at radius 2 is 1.27 bits per heavy atom. The van der Waals surface area contributed by atoms with E-state index in [-0.39, 0.29) is 25.8 Å². The van der Waals surface area contributed by atoms with Gasteiger partial charge in [-0.3, -0.25) is 9.59 Å². The van der Waals surface area contributed by atoms with Crippen LogP contribution >= 0.6 is 0 Å². The highest BCUT2D eigenvalue weighted by molar-refractivity contribution is 7.86. The van der Waals surface area contributed by atoms with E-state index in [4.69, 9.17) is 0 Å². The molecule has 1 aliphatic heterocycles. The quantitative estimate of drug-likeness (QED) is 0.0903. The van der Waals surface area contributed by atoms with Crippen LogP contribution in [0.1, 0.15) is 80.2 Å². The third kappa shape index (κ3) is 6.93. The van der Waals surface area contributed by atoms with Crippen LogP contribution in [0.2, 0.25) is 0 Å². The molecular formula is C38H46BrN5O4S. The molecule has 4 aromatic carbocycles. The van der Waals surface area contributed by atoms with Crippen LogP contribution in [-0.2, 0) is 10.0 Å². The average molecular weight is 749 g/mol. The zero-order valence-electron chi connectivity index (χ0n) is 29.2. The minimum absolute atomic E-state index is 0. The highest BCUT2D eigenvalue weighted by Gasteiger charge is 2.41. The van der Waals surface area contributed by atoms with Crippen LogP contribution in [0, 0.1) is 6.92 Å². The molecule has 0 unspecified atom stereocenters. The van der Waals surface area contributed by atoms with E-state index in [9.17, 15) is 18.0 Å². The van der Waals surface area contributed by atoms with E-state index in [1.165, 1.54) is 12.1 Å². The molecule has 0 radical (unpaired) electrons. The molecule has 5 rings (SSSR count). The molecule has 0 aliphatic carbocycles. The summed E-state index contributed by atoms with van der Waals surface area (Å²) in [5.74, 6) is -0.947. The number of nitrogens with zero attached hydrogens (tertiary/aromatic N) is 5. The number of hydrogen-bond donors (Lipinski definition) is 0. The van der Waals surface area contributed by atoms with Gasteiger partial charge in [0, 0.05) is 40.7 Å². The predicted molar refractivity (Wildman–Crippen MR) is 193 cm³/mol. The van der Waals surface area contributed by atoms with Crippen molar-refractivity contribution in [3.63, 3.8) is 0 Å². The Labute approximate surface area is 301 Å². The van der Waals surface area contributed by atoms with Crippen LogP contribution in [0.5, 0.6) is 0 Å². The fourth-order valence-corrected chi connectivity index (χ4v) is 9.15. The van der Waals surface area contributed by atoms with Crippen molar-refractivity contribution in [1.82, 2.24) is 0 Å². The molecule has 0 fully saturated rings. The number of anilines is 2. The van der Waals surface area contributed by atoms with Gasteiger partial charge in [0.05, 0.1) is 36.7 Å². The molecule has 1 aliphatic rings. The van der Waals surface area contributed by atoms with Crippen molar-refractivity contribution in [2.24, 2.45) is 10.2 Å². The first-order chi connectivity index (χ1) is 23.1. The van der Waals surface area contributed by atoms with E-state index >= 15 is 0 Å². The van der Waals surface area contributed by atoms with E-state index in [1.807, 2.05) is 45.9 Å². The number of amides is 2. The molecule has 0 spiro atoms. The molecular weight excluding hydrogens is 702 g/mol. The number of halogens is 1. The fraction of sp³-hybridized carbons (Fsp3) is 0.368. The standard InChI is InChI=1S/C38H46N5O4S.BrH/c1-7-23-43(24-8-2,25-9-3)48(46,47)30-18-15-28(16-19-30)42-37(44)32-14-12-13-31-35(22-20-33(36(31)32)38(42)45)40-39-34-21-17-29(26-27(34)6)41(10-4)11-5;/h12-22,26H,7-11,23-25H2,1-6H3;1H/q+1;/p-1. The van der Waals surface area contributed by atoms with Crippen LogP contribution in [-0.4, -0.2) is 56.8 Å². The van der Waals surface area contributed by atoms with Crippen molar-refractivity contribution in [2.75, 3.05) is 42.5 Å². The van der Waals surface area contributed by atoms with Gasteiger partial charge < -0.3 is 21.9 Å². The van der Waals surface area contributed by atoms with E-state index in [1.54, 1.807) is 36.4 Å². The van der Waals surface area contributed by atoms with Gasteiger partial charge in [0.15, 0.2) is 0 Å². The molecule has 0 bridgehead atoms. The maximum Gasteiger partial charge on any atom is 0.327 e. The first-order valence-corrected chi connectivity index (χ1v) is 18.4. The number of carbonyl (C=O) groups excluding carboxylic acids is 2. The predicted octanol–water partition coefficient (Wildman–Crippen LogP) is 5.95. The number of rotatable bonds is 14. The number of quaternary nitrogens is 1. The minimum Gasteiger partial charge on any atom is -1.00 e. The summed E-state index contributed by atoms with van der Waals surface area (Å²) in [6, 6.07) is 21.0. The van der Waals surface area contributed by atoms with Gasteiger partial charge in [-0.05, 0) is 106 Å². The van der Waals surface area contributed by atoms with E-state index < -0.39 is 21.8 Å². The molecule has 260 valence electrons. The highest BCUT2D eigenvalue weighted by Crippen LogP contribution is 2.38. The number of hydrogen-bond acceptors (Lipinski definition) is 7. The van der Waals surface area contributed by atoms with Crippen LogP contribution in [0.15, 0.2) is 87.9 Å². The zero-order valence-corrected chi connectivity index (χ0v) is 31.6. The van der Waals surface area contributed by atoms with Crippen LogP contribution in [0.4, 0.5) is 22.7 Å². The van der Waals surface area contributed by atoms with E-state index in [2.05, 4.69) is 35.0 Å². The minimum atomic E-state index is -3.72. The Hall–Kier alpha value is -3.93. The summed E-state index contributed by atoms with van der Waals surface area (Å²) in [4.78, 5) is 31.4. The lowest BCUT2D eigenvalue weighted by Gasteiger charge is -2.36. The Morgan fingerprint density at radius 3 is 1.82 bits per heavy atom. The topological polar surface area (TPSA) is 99.5 Å². The molecule has 49 heavy (non-hydrogen) atoms. The van der Waals surface area contributed by atoms with Crippen molar-refractivity contribution in [1.29, 1.82) is 0 Å². The Kier molecular flexibility index (Phi) is 12.2. The zero-order chi connectivity index (χ0) is 34.6. The van der Waals surface area contributed by atoms with Gasteiger partial charge in [-0.25, -0.2) is 8.79 Å². The molecule has 0 saturated carbocycles. The number of carbonyl (C=O) groups is 2. The first-order valence-electron chi connectivity index (χ1n) is 17.0. The summed E-state index contributed by atoms with van der Waals surface area (Å²) in [6.45, 7) is 15.7. The molecule has 0 aromatic heterocycles. The first kappa shape index (κ1) is 37.9. The summed E-state index contributed by atoms with van der Waals surface area (Å²) in [6.07, 6.45) is 2.23. The van der Waals surface area contributed by atoms with Gasteiger partial charge in [0.1, 0.15) is 4.90 Å². The Morgan fingerprint density at radius 1 is 0.714 bits per heavy atom. The van der Waals surface area contributed by atoms with Gasteiger partial charge in [-0.15, -0.1) is 5.11 Å². The number of benzene rings is 4. The Bertz CT molecular complexity index is 1940. The van der Waals surface area contributed by atoms with Crippen molar-refractivity contribution in [2.45, 2.75) is 65.7 Å². The molecule has 1 heterocycles. The summed E-state index contributed by atoms with van der Waals surface area (Å²) in [5, 5.41) is 10.3. The average Bonchev–Trinajstić information content (AvgIpc) is 3.08. The number of azo groups is 1. The lowest BCUT2D eigenvalue weighted by molar-refractivity contribution is -0.807. The highest BCUT2D eigenvalue weighted by atomic mass is 79.9. The van der Waals surface area contributed by atoms with Crippen LogP contribution in [0.3, 0.4) is 0 Å². The van der Waals surface area contributed by atoms with Crippen LogP contribution in [0.25, 0.3) is 10.8 Å². The van der Waals surface area contributed by atoms with E-state index in [0.29, 0.717) is 52.9 Å². The molecule has 9 nitrogen and oxygen atoms in total. The number of aryl methyl sites for hydroxylation is 1. The SMILES string of the molecule is CCC[N+](CCC)(CCC)S(=O)(=O)c1ccc(N2C(=O)c3cccc4c(N=Nc5ccc(N(CC)CC)cc5C)ccc(c34)C2=O)cc1.[Br-]. The normalized spacial score (nSPS) is 13.3. The summed E-state index contributed by atoms with van der Waals surface area (Å²) < 4.78 is 28.0. The summed E-state index contributed by atoms with van der Waals surface area (Å²) in [7, 11) is -3.72. The molecule has 4 aromatic rings. The van der Waals surface area contributed by atoms with E-state index in [0.717, 1.165) is 54.2 Å². The second-order valence-electron chi connectivity index (χ2n) is 12.3. The number of sulfonamides is 1. The lowest BCUT2D eigenvalue weighted by atomic mass is 9.93. The van der Waals surface area contributed by atoms with Crippen LogP contribution < -0.4 is 26.8 Å². The molecule has 0 saturated heterocycles. The second-order valence-corrected chi connectivity index (χ2v) is 14.5. The van der Waals surface area contributed by atoms with Gasteiger partial charge in [0.2, 0.25) is 0 Å². The lowest BCUT2D eigenvalue weighted by Crippen LogP contribution is -3.00. The van der Waals surface area contributed by atoms with Gasteiger partial charge in [-0.2, -0.15) is 13.5 Å². The van der Waals surface area contributed by atoms with Gasteiger partial charge >= 0.3 is 10.0 Å². The monoisotopic (exact) mass is 747 g/mol. The smallest absolute Gasteiger partial charge is 0.327 e. The maximum atomic E-state index is 14.0. The largest absolute Gasteiger partial charge is 1.00 e. The molecule has 0 N–H and O–H groups in total. The summed E-state index contributed by atoms with van der Waals surface area (Å²) in [5.41, 5.74) is 4.49. The van der Waals surface area contributed by atoms with Gasteiger partial charge in [-0.1, -0.05) is 32.9 Å². The molecule has 2 amide bonds. The second kappa shape index (κ2) is 15.7. The third-order valence-electron chi connectivity index (χ3n) is 9.26. The number of imide groups is 1. The van der Waals surface area contributed by atoms with Crippen molar-refractivity contribution in [3.05, 3.63) is 89.5 Å². The van der Waals surface area contributed by atoms with Crippen molar-refractivity contribution >= 4 is 55.4 Å². The maximum absolute atomic E-state index is 14.0. The fourth-order valence-electron chi connectivity index (χ4n) is 6.96.